The van der Waals surface area contributed by atoms with Crippen LogP contribution in [0.25, 0.3) is 108 Å². The van der Waals surface area contributed by atoms with Gasteiger partial charge >= 0.3 is 0 Å². The molecule has 3 heterocycles. The number of aromatic nitrogens is 3. The van der Waals surface area contributed by atoms with Crippen LogP contribution in [0.4, 0.5) is 0 Å². The van der Waals surface area contributed by atoms with Crippen molar-refractivity contribution < 1.29 is 0 Å². The van der Waals surface area contributed by atoms with Crippen molar-refractivity contribution in [2.24, 2.45) is 0 Å². The first-order chi connectivity index (χ1) is 25.8. The summed E-state index contributed by atoms with van der Waals surface area (Å²) >= 11 is 1.88. The number of nitrogens with zero attached hydrogens (tertiary/aromatic N) is 3. The normalized spacial score (nSPS) is 13.2. The average molecular weight is 680 g/mol. The van der Waals surface area contributed by atoms with E-state index in [0.717, 1.165) is 40.5 Å². The third kappa shape index (κ3) is 3.74. The van der Waals surface area contributed by atoms with Crippen molar-refractivity contribution in [3.8, 4) is 17.2 Å². The van der Waals surface area contributed by atoms with Crippen LogP contribution >= 0.6 is 11.3 Å². The van der Waals surface area contributed by atoms with Crippen molar-refractivity contribution in [1.82, 2.24) is 14.5 Å². The van der Waals surface area contributed by atoms with E-state index < -0.39 is 0 Å². The molecule has 0 saturated heterocycles. The lowest BCUT2D eigenvalue weighted by Gasteiger charge is -2.20. The van der Waals surface area contributed by atoms with Crippen molar-refractivity contribution in [1.29, 1.82) is 0 Å². The zero-order chi connectivity index (χ0) is 33.9. The molecule has 3 aromatic heterocycles. The molecule has 0 atom stereocenters. The van der Waals surface area contributed by atoms with Gasteiger partial charge in [-0.25, -0.2) is 9.97 Å². The van der Waals surface area contributed by atoms with Crippen LogP contribution in [0.15, 0.2) is 146 Å². The quantitative estimate of drug-likeness (QED) is 0.170. The number of hydrogen-bond donors (Lipinski definition) is 0. The number of rotatable bonds is 2. The molecule has 12 rings (SSSR count). The molecule has 0 aliphatic heterocycles. The molecule has 1 aliphatic carbocycles. The molecule has 4 heteroatoms. The summed E-state index contributed by atoms with van der Waals surface area (Å²) in [6.07, 6.45) is 6.56. The van der Waals surface area contributed by atoms with Gasteiger partial charge in [0, 0.05) is 37.2 Å². The molecular weight excluding hydrogens is 651 g/mol. The summed E-state index contributed by atoms with van der Waals surface area (Å²) in [5.41, 5.74) is 8.03. The van der Waals surface area contributed by atoms with E-state index in [1.54, 1.807) is 0 Å². The highest BCUT2D eigenvalue weighted by atomic mass is 32.1. The fourth-order valence-electron chi connectivity index (χ4n) is 9.08. The summed E-state index contributed by atoms with van der Waals surface area (Å²) in [5.74, 6) is 0.711. The van der Waals surface area contributed by atoms with Crippen LogP contribution < -0.4 is 0 Å². The van der Waals surface area contributed by atoms with Gasteiger partial charge in [0.1, 0.15) is 0 Å². The standard InChI is InChI=1S/C48H29N3S/c1-2-16-29-28(14-1)15-13-25-35(29)44-43-32-19-5-3-17-30(32)31-18-4-8-22-36(31)45(43)50-48(49-44)51-39-26-11-9-23-37(39)41-33-20-6-7-21-34(33)42-38-24-10-12-27-40(38)52-47(42)46(41)51/h1-7,9-21,23-27H,8,22H2. The third-order valence-corrected chi connectivity index (χ3v) is 12.4. The second kappa shape index (κ2) is 10.6. The highest BCUT2D eigenvalue weighted by Crippen LogP contribution is 2.48. The maximum atomic E-state index is 5.74. The number of thiophene rings is 1. The topological polar surface area (TPSA) is 30.7 Å². The summed E-state index contributed by atoms with van der Waals surface area (Å²) < 4.78 is 4.93. The van der Waals surface area contributed by atoms with E-state index >= 15 is 0 Å². The summed E-state index contributed by atoms with van der Waals surface area (Å²) in [6, 6.07) is 50.7. The van der Waals surface area contributed by atoms with Gasteiger partial charge in [0.05, 0.1) is 26.9 Å². The van der Waals surface area contributed by atoms with E-state index in [-0.39, 0.29) is 0 Å². The zero-order valence-corrected chi connectivity index (χ0v) is 28.9. The molecule has 0 unspecified atom stereocenters. The maximum Gasteiger partial charge on any atom is 0.235 e. The van der Waals surface area contributed by atoms with Gasteiger partial charge < -0.3 is 0 Å². The Kier molecular flexibility index (Phi) is 5.77. The Morgan fingerprint density at radius 3 is 2.04 bits per heavy atom. The van der Waals surface area contributed by atoms with E-state index in [2.05, 4.69) is 156 Å². The largest absolute Gasteiger partial charge is 0.276 e. The Labute approximate surface area is 302 Å². The van der Waals surface area contributed by atoms with Gasteiger partial charge in [-0.2, -0.15) is 0 Å². The Balaban J connectivity index is 1.34. The minimum absolute atomic E-state index is 0.711. The number of hydrogen-bond acceptors (Lipinski definition) is 3. The Morgan fingerprint density at radius 1 is 0.538 bits per heavy atom. The molecule has 0 bridgehead atoms. The predicted octanol–water partition coefficient (Wildman–Crippen LogP) is 13.2. The lowest BCUT2D eigenvalue weighted by molar-refractivity contribution is 0.977. The molecule has 8 aromatic carbocycles. The van der Waals surface area contributed by atoms with Crippen LogP contribution in [0.5, 0.6) is 0 Å². The predicted molar refractivity (Wildman–Crippen MR) is 222 cm³/mol. The van der Waals surface area contributed by atoms with Gasteiger partial charge in [0.25, 0.3) is 0 Å². The Bertz CT molecular complexity index is 3360. The van der Waals surface area contributed by atoms with Gasteiger partial charge in [0.15, 0.2) is 0 Å². The highest BCUT2D eigenvalue weighted by Gasteiger charge is 2.26. The van der Waals surface area contributed by atoms with Crippen molar-refractivity contribution in [3.05, 3.63) is 157 Å². The molecule has 0 spiro atoms. The second-order valence-electron chi connectivity index (χ2n) is 13.9. The van der Waals surface area contributed by atoms with Crippen molar-refractivity contribution in [2.75, 3.05) is 0 Å². The summed E-state index contributed by atoms with van der Waals surface area (Å²) in [6.45, 7) is 0. The molecule has 52 heavy (non-hydrogen) atoms. The van der Waals surface area contributed by atoms with Crippen LogP contribution in [-0.4, -0.2) is 14.5 Å². The van der Waals surface area contributed by atoms with E-state index in [0.29, 0.717) is 5.95 Å². The molecule has 0 N–H and O–H groups in total. The minimum atomic E-state index is 0.711. The first kappa shape index (κ1) is 28.3. The van der Waals surface area contributed by atoms with E-state index in [9.17, 15) is 0 Å². The SMILES string of the molecule is C1=Cc2c(c3nc(-n4c5ccccc5c5c6ccccc6c6c7ccccc7sc6c54)nc(-c4cccc5ccccc45)c3c3ccccc23)CC1. The Morgan fingerprint density at radius 2 is 1.19 bits per heavy atom. The van der Waals surface area contributed by atoms with Crippen LogP contribution in [0.3, 0.4) is 0 Å². The number of benzene rings is 8. The molecule has 0 amide bonds. The number of aryl methyl sites for hydroxylation is 1. The van der Waals surface area contributed by atoms with E-state index in [4.69, 9.17) is 9.97 Å². The number of allylic oxidation sites excluding steroid dienone is 1. The number of para-hydroxylation sites is 1. The summed E-state index contributed by atoms with van der Waals surface area (Å²) in [4.78, 5) is 11.5. The zero-order valence-electron chi connectivity index (χ0n) is 28.1. The highest BCUT2D eigenvalue weighted by molar-refractivity contribution is 7.27. The number of fused-ring (bicyclic) bond motifs is 17. The smallest absolute Gasteiger partial charge is 0.235 e. The molecule has 11 aromatic rings. The molecule has 0 radical (unpaired) electrons. The maximum absolute atomic E-state index is 5.74. The molecule has 0 fully saturated rings. The average Bonchev–Trinajstić information content (AvgIpc) is 3.78. The van der Waals surface area contributed by atoms with Crippen LogP contribution in [0, 0.1) is 0 Å². The van der Waals surface area contributed by atoms with Crippen molar-refractivity contribution in [2.45, 2.75) is 12.8 Å². The monoisotopic (exact) mass is 679 g/mol. The molecule has 242 valence electrons. The third-order valence-electron chi connectivity index (χ3n) is 11.2. The van der Waals surface area contributed by atoms with Gasteiger partial charge in [-0.05, 0) is 68.4 Å². The Hall–Kier alpha value is -6.36. The van der Waals surface area contributed by atoms with Crippen LogP contribution in [0.1, 0.15) is 17.5 Å². The molecular formula is C48H29N3S. The minimum Gasteiger partial charge on any atom is -0.276 e. The first-order valence-corrected chi connectivity index (χ1v) is 18.8. The lowest BCUT2D eigenvalue weighted by Crippen LogP contribution is -2.07. The van der Waals surface area contributed by atoms with Crippen LogP contribution in [0.2, 0.25) is 0 Å². The molecule has 1 aliphatic rings. The van der Waals surface area contributed by atoms with Crippen molar-refractivity contribution >= 4 is 103 Å². The summed E-state index contributed by atoms with van der Waals surface area (Å²) in [5, 5.41) is 13.6. The van der Waals surface area contributed by atoms with E-state index in [1.165, 1.54) is 79.9 Å². The summed E-state index contributed by atoms with van der Waals surface area (Å²) in [7, 11) is 0. The fraction of sp³-hybridized carbons (Fsp3) is 0.0417. The second-order valence-corrected chi connectivity index (χ2v) is 15.0. The van der Waals surface area contributed by atoms with E-state index in [1.807, 2.05) is 11.3 Å². The lowest BCUT2D eigenvalue weighted by atomic mass is 9.87. The van der Waals surface area contributed by atoms with Gasteiger partial charge in [-0.15, -0.1) is 11.3 Å². The molecule has 0 saturated carbocycles. The van der Waals surface area contributed by atoms with Gasteiger partial charge in [-0.3, -0.25) is 4.57 Å². The first-order valence-electron chi connectivity index (χ1n) is 18.0. The van der Waals surface area contributed by atoms with Crippen molar-refractivity contribution in [3.63, 3.8) is 0 Å². The molecule has 3 nitrogen and oxygen atoms in total. The van der Waals surface area contributed by atoms with Crippen LogP contribution in [-0.2, 0) is 6.42 Å². The van der Waals surface area contributed by atoms with Gasteiger partial charge in [0.2, 0.25) is 5.95 Å². The fourth-order valence-corrected chi connectivity index (χ4v) is 10.3. The van der Waals surface area contributed by atoms with Gasteiger partial charge in [-0.1, -0.05) is 140 Å².